The molecule has 1 fully saturated rings. The molecule has 2 aromatic carbocycles. The number of nitrogens with zero attached hydrogens (tertiary/aromatic N) is 3. The number of benzene rings is 2. The zero-order valence-electron chi connectivity index (χ0n) is 17.4. The average molecular weight is 528 g/mol. The van der Waals surface area contributed by atoms with Gasteiger partial charge in [-0.1, -0.05) is 34.5 Å². The highest BCUT2D eigenvalue weighted by Crippen LogP contribution is 2.28. The number of ether oxygens (including phenoxy) is 1. The minimum atomic E-state index is -3.91. The maximum absolute atomic E-state index is 13.2. The molecule has 1 aliphatic heterocycles. The van der Waals surface area contributed by atoms with E-state index < -0.39 is 27.9 Å². The van der Waals surface area contributed by atoms with Gasteiger partial charge >= 0.3 is 5.97 Å². The summed E-state index contributed by atoms with van der Waals surface area (Å²) in [6, 6.07) is 9.98. The molecular formula is C21H19Cl2N3O5S2. The van der Waals surface area contributed by atoms with Gasteiger partial charge in [0.1, 0.15) is 12.6 Å². The molecule has 2 heterocycles. The molecule has 0 aliphatic carbocycles. The van der Waals surface area contributed by atoms with Gasteiger partial charge in [-0.2, -0.15) is 9.30 Å². The zero-order chi connectivity index (χ0) is 23.8. The van der Waals surface area contributed by atoms with Gasteiger partial charge in [0.15, 0.2) is 4.80 Å². The lowest BCUT2D eigenvalue weighted by atomic mass is 10.2. The van der Waals surface area contributed by atoms with Crippen LogP contribution in [0.1, 0.15) is 12.8 Å². The molecule has 1 atom stereocenters. The van der Waals surface area contributed by atoms with Gasteiger partial charge < -0.3 is 9.30 Å². The van der Waals surface area contributed by atoms with Crippen LogP contribution in [-0.4, -0.2) is 48.9 Å². The van der Waals surface area contributed by atoms with E-state index in [0.717, 1.165) is 4.70 Å². The molecule has 4 rings (SSSR count). The number of fused-ring (bicyclic) bond motifs is 1. The molecule has 174 valence electrons. The lowest BCUT2D eigenvalue weighted by molar-refractivity contribution is -0.141. The fraction of sp³-hybridized carbons (Fsp3) is 0.286. The quantitative estimate of drug-likeness (QED) is 0.473. The van der Waals surface area contributed by atoms with E-state index in [9.17, 15) is 18.0 Å². The Labute approximate surface area is 204 Å². The maximum atomic E-state index is 13.2. The summed E-state index contributed by atoms with van der Waals surface area (Å²) in [6.07, 6.45) is 0.881. The topological polar surface area (TPSA) is 98.0 Å². The number of rotatable bonds is 5. The molecule has 0 spiro atoms. The summed E-state index contributed by atoms with van der Waals surface area (Å²) in [5, 5.41) is 0.917. The number of hydrogen-bond donors (Lipinski definition) is 0. The van der Waals surface area contributed by atoms with E-state index in [-0.39, 0.29) is 22.8 Å². The molecule has 0 saturated carbocycles. The first-order chi connectivity index (χ1) is 15.7. The van der Waals surface area contributed by atoms with Gasteiger partial charge in [0.05, 0.1) is 22.2 Å². The Bertz CT molecular complexity index is 1400. The van der Waals surface area contributed by atoms with Gasteiger partial charge in [0.2, 0.25) is 10.0 Å². The molecule has 12 heteroatoms. The highest BCUT2D eigenvalue weighted by atomic mass is 35.5. The Kier molecular flexibility index (Phi) is 6.92. The van der Waals surface area contributed by atoms with Crippen molar-refractivity contribution in [2.75, 3.05) is 13.7 Å². The minimum Gasteiger partial charge on any atom is -0.468 e. The molecule has 1 unspecified atom stereocenters. The number of amides is 1. The molecule has 3 aromatic rings. The van der Waals surface area contributed by atoms with Crippen LogP contribution in [0.4, 0.5) is 0 Å². The van der Waals surface area contributed by atoms with E-state index in [1.807, 2.05) is 0 Å². The van der Waals surface area contributed by atoms with Crippen LogP contribution in [-0.2, 0) is 30.9 Å². The second-order valence-corrected chi connectivity index (χ2v) is 11.1. The third-order valence-corrected chi connectivity index (χ3v) is 8.73. The number of methoxy groups -OCH3 is 1. The predicted molar refractivity (Wildman–Crippen MR) is 126 cm³/mol. The smallest absolute Gasteiger partial charge is 0.325 e. The van der Waals surface area contributed by atoms with E-state index in [1.165, 1.54) is 47.0 Å². The predicted octanol–water partition coefficient (Wildman–Crippen LogP) is 3.46. The molecule has 0 N–H and O–H groups in total. The van der Waals surface area contributed by atoms with Crippen molar-refractivity contribution >= 4 is 66.7 Å². The zero-order valence-corrected chi connectivity index (χ0v) is 20.5. The number of carbonyl (C=O) groups is 2. The maximum Gasteiger partial charge on any atom is 0.325 e. The number of halogens is 2. The number of carbonyl (C=O) groups excluding carboxylic acids is 2. The number of esters is 1. The van der Waals surface area contributed by atoms with Crippen LogP contribution in [0.2, 0.25) is 10.0 Å². The van der Waals surface area contributed by atoms with Crippen LogP contribution >= 0.6 is 34.5 Å². The fourth-order valence-electron chi connectivity index (χ4n) is 3.66. The Morgan fingerprint density at radius 2 is 1.85 bits per heavy atom. The first-order valence-corrected chi connectivity index (χ1v) is 12.9. The van der Waals surface area contributed by atoms with E-state index in [0.29, 0.717) is 28.4 Å². The van der Waals surface area contributed by atoms with Crippen molar-refractivity contribution in [2.45, 2.75) is 30.3 Å². The molecule has 1 amide bonds. The van der Waals surface area contributed by atoms with E-state index in [2.05, 4.69) is 4.99 Å². The Balaban J connectivity index is 1.73. The van der Waals surface area contributed by atoms with Crippen LogP contribution in [0.15, 0.2) is 52.4 Å². The average Bonchev–Trinajstić information content (AvgIpc) is 3.40. The van der Waals surface area contributed by atoms with Crippen molar-refractivity contribution in [1.82, 2.24) is 8.87 Å². The van der Waals surface area contributed by atoms with Crippen molar-refractivity contribution < 1.29 is 22.7 Å². The van der Waals surface area contributed by atoms with Gasteiger partial charge in [-0.05, 0) is 55.3 Å². The van der Waals surface area contributed by atoms with Crippen LogP contribution in [0.25, 0.3) is 10.2 Å². The third kappa shape index (κ3) is 4.85. The van der Waals surface area contributed by atoms with Crippen molar-refractivity contribution in [3.8, 4) is 0 Å². The Hall–Kier alpha value is -2.24. The van der Waals surface area contributed by atoms with Crippen LogP contribution in [0.3, 0.4) is 0 Å². The molecule has 1 aliphatic rings. The summed E-state index contributed by atoms with van der Waals surface area (Å²) in [4.78, 5) is 29.7. The minimum absolute atomic E-state index is 0.0591. The SMILES string of the molecule is COC(=O)Cn1c(=NC(=O)C2CCCN2S(=O)(=O)c2ccc(Cl)cc2)sc2cc(Cl)ccc21. The normalized spacial score (nSPS) is 17.5. The second kappa shape index (κ2) is 9.55. The number of sulfonamides is 1. The van der Waals surface area contributed by atoms with Crippen LogP contribution in [0, 0.1) is 0 Å². The molecule has 0 bridgehead atoms. The Morgan fingerprint density at radius 1 is 1.15 bits per heavy atom. The molecule has 1 aromatic heterocycles. The van der Waals surface area contributed by atoms with Gasteiger partial charge in [-0.15, -0.1) is 0 Å². The largest absolute Gasteiger partial charge is 0.468 e. The summed E-state index contributed by atoms with van der Waals surface area (Å²) in [5.41, 5.74) is 0.665. The van der Waals surface area contributed by atoms with E-state index >= 15 is 0 Å². The third-order valence-electron chi connectivity index (χ3n) is 5.27. The van der Waals surface area contributed by atoms with Gasteiger partial charge in [-0.25, -0.2) is 8.42 Å². The summed E-state index contributed by atoms with van der Waals surface area (Å²) in [7, 11) is -2.63. The molecular weight excluding hydrogens is 509 g/mol. The van der Waals surface area contributed by atoms with Crippen molar-refractivity contribution in [2.24, 2.45) is 4.99 Å². The fourth-order valence-corrected chi connectivity index (χ4v) is 6.75. The van der Waals surface area contributed by atoms with Crippen molar-refractivity contribution in [3.63, 3.8) is 0 Å². The van der Waals surface area contributed by atoms with Crippen LogP contribution < -0.4 is 4.80 Å². The van der Waals surface area contributed by atoms with Gasteiger partial charge in [-0.3, -0.25) is 9.59 Å². The van der Waals surface area contributed by atoms with Gasteiger partial charge in [0, 0.05) is 16.6 Å². The molecule has 33 heavy (non-hydrogen) atoms. The molecule has 1 saturated heterocycles. The second-order valence-electron chi connectivity index (χ2n) is 7.34. The summed E-state index contributed by atoms with van der Waals surface area (Å²) in [5.74, 6) is -1.10. The highest BCUT2D eigenvalue weighted by molar-refractivity contribution is 7.89. The Morgan fingerprint density at radius 3 is 2.55 bits per heavy atom. The standard InChI is InChI=1S/C21H19Cl2N3O5S2/c1-31-19(27)12-25-16-9-6-14(23)11-18(16)32-21(25)24-20(28)17-3-2-10-26(17)33(29,30)15-7-4-13(22)5-8-15/h4-9,11,17H,2-3,10,12H2,1H3. The highest BCUT2D eigenvalue weighted by Gasteiger charge is 2.39. The number of hydrogen-bond acceptors (Lipinski definition) is 6. The lowest BCUT2D eigenvalue weighted by Gasteiger charge is -2.21. The van der Waals surface area contributed by atoms with Crippen molar-refractivity contribution in [1.29, 1.82) is 0 Å². The van der Waals surface area contributed by atoms with Gasteiger partial charge in [0.25, 0.3) is 5.91 Å². The summed E-state index contributed by atoms with van der Waals surface area (Å²) < 4.78 is 34.5. The van der Waals surface area contributed by atoms with E-state index in [4.69, 9.17) is 27.9 Å². The lowest BCUT2D eigenvalue weighted by Crippen LogP contribution is -2.40. The molecule has 8 nitrogen and oxygen atoms in total. The van der Waals surface area contributed by atoms with Crippen LogP contribution in [0.5, 0.6) is 0 Å². The van der Waals surface area contributed by atoms with E-state index in [1.54, 1.807) is 22.8 Å². The first-order valence-electron chi connectivity index (χ1n) is 9.92. The monoisotopic (exact) mass is 527 g/mol. The van der Waals surface area contributed by atoms with Crippen molar-refractivity contribution in [3.05, 3.63) is 57.3 Å². The number of aromatic nitrogens is 1. The summed E-state index contributed by atoms with van der Waals surface area (Å²) in [6.45, 7) is 0.0583. The number of thiazole rings is 1. The summed E-state index contributed by atoms with van der Waals surface area (Å²) >= 11 is 13.1. The first kappa shape index (κ1) is 23.9. The molecule has 0 radical (unpaired) electrons.